The summed E-state index contributed by atoms with van der Waals surface area (Å²) in [7, 11) is -5.82. The number of alkyl halides is 3. The van der Waals surface area contributed by atoms with Gasteiger partial charge in [-0.2, -0.15) is 21.6 Å². The second kappa shape index (κ2) is 7.65. The molecule has 0 N–H and O–H groups in total. The van der Waals surface area contributed by atoms with Crippen LogP contribution >= 0.6 is 0 Å². The van der Waals surface area contributed by atoms with Gasteiger partial charge in [0.25, 0.3) is 5.95 Å². The van der Waals surface area contributed by atoms with Crippen LogP contribution in [-0.2, 0) is 33.2 Å². The van der Waals surface area contributed by atoms with Crippen LogP contribution in [0.5, 0.6) is 0 Å². The third-order valence-corrected chi connectivity index (χ3v) is 6.82. The molecule has 3 aliphatic heterocycles. The highest BCUT2D eigenvalue weighted by molar-refractivity contribution is 7.87. The largest absolute Gasteiger partial charge is 0.534 e. The van der Waals surface area contributed by atoms with E-state index in [-0.39, 0.29) is 19.1 Å². The molecule has 0 spiro atoms. The van der Waals surface area contributed by atoms with Crippen molar-refractivity contribution < 1.29 is 44.7 Å². The summed E-state index contributed by atoms with van der Waals surface area (Å²) in [6, 6.07) is 9.43. The number of hydrogen-bond donors (Lipinski definition) is 0. The Labute approximate surface area is 178 Å². The van der Waals surface area contributed by atoms with E-state index in [1.165, 1.54) is 0 Å². The smallest absolute Gasteiger partial charge is 0.456 e. The van der Waals surface area contributed by atoms with Crippen molar-refractivity contribution in [1.29, 1.82) is 0 Å². The number of hydrogen-bond acceptors (Lipinski definition) is 7. The van der Waals surface area contributed by atoms with Gasteiger partial charge in [0.05, 0.1) is 12.7 Å². The summed E-state index contributed by atoms with van der Waals surface area (Å²) in [5.41, 5.74) is -6.59. The van der Waals surface area contributed by atoms with Gasteiger partial charge in [0, 0.05) is 18.1 Å². The maximum atomic E-state index is 12.7. The van der Waals surface area contributed by atoms with Crippen molar-refractivity contribution in [3.05, 3.63) is 47.9 Å². The quantitative estimate of drug-likeness (QED) is 0.495. The molecule has 0 bridgehead atoms. The van der Waals surface area contributed by atoms with Crippen molar-refractivity contribution in [3.63, 3.8) is 0 Å². The third kappa shape index (κ3) is 4.28. The zero-order valence-corrected chi connectivity index (χ0v) is 17.7. The van der Waals surface area contributed by atoms with E-state index in [0.29, 0.717) is 12.8 Å². The molecule has 3 heterocycles. The van der Waals surface area contributed by atoms with Gasteiger partial charge in [-0.25, -0.2) is 0 Å². The minimum atomic E-state index is -5.82. The van der Waals surface area contributed by atoms with Crippen molar-refractivity contribution in [2.24, 2.45) is 0 Å². The lowest BCUT2D eigenvalue weighted by molar-refractivity contribution is -0.310. The molecule has 5 atom stereocenters. The van der Waals surface area contributed by atoms with Crippen molar-refractivity contribution in [2.75, 3.05) is 6.61 Å². The van der Waals surface area contributed by atoms with E-state index in [2.05, 4.69) is 4.18 Å². The Morgan fingerprint density at radius 2 is 1.81 bits per heavy atom. The second-order valence-electron chi connectivity index (χ2n) is 8.29. The van der Waals surface area contributed by atoms with Crippen LogP contribution in [0.4, 0.5) is 13.2 Å². The standard InChI is InChI=1S/C20H23F3O7S/c1-18-11-10-14-19(2,12-26-17(27-14)13-6-4-3-5-7-13)28-15(18)8-9-16(29-18)30-31(24,25)20(21,22)23/h3-7,9,14-15,17H,8,10-12H2,1-2H3/t14-,15-,17+,18+,19+/m0/s1. The number of fused-ring (bicyclic) bond motifs is 2. The molecule has 3 aliphatic rings. The molecule has 31 heavy (non-hydrogen) atoms. The van der Waals surface area contributed by atoms with E-state index in [1.807, 2.05) is 37.3 Å². The molecule has 0 radical (unpaired) electrons. The Kier molecular flexibility index (Phi) is 5.52. The lowest BCUT2D eigenvalue weighted by atomic mass is 9.88. The lowest BCUT2D eigenvalue weighted by Gasteiger charge is -2.45. The molecule has 4 rings (SSSR count). The third-order valence-electron chi connectivity index (χ3n) is 5.87. The zero-order valence-electron chi connectivity index (χ0n) is 16.9. The van der Waals surface area contributed by atoms with Crippen molar-refractivity contribution in [3.8, 4) is 0 Å². The van der Waals surface area contributed by atoms with E-state index in [1.54, 1.807) is 6.92 Å². The Bertz CT molecular complexity index is 949. The van der Waals surface area contributed by atoms with Crippen LogP contribution in [0.1, 0.15) is 45.0 Å². The topological polar surface area (TPSA) is 80.3 Å². The highest BCUT2D eigenvalue weighted by Crippen LogP contribution is 2.46. The van der Waals surface area contributed by atoms with E-state index in [0.717, 1.165) is 11.6 Å². The summed E-state index contributed by atoms with van der Waals surface area (Å²) >= 11 is 0. The van der Waals surface area contributed by atoms with E-state index >= 15 is 0 Å². The van der Waals surface area contributed by atoms with E-state index in [9.17, 15) is 21.6 Å². The molecule has 1 aromatic rings. The Balaban J connectivity index is 1.50. The molecule has 172 valence electrons. The lowest BCUT2D eigenvalue weighted by Crippen LogP contribution is -2.54. The van der Waals surface area contributed by atoms with Crippen LogP contribution in [0.25, 0.3) is 0 Å². The summed E-state index contributed by atoms with van der Waals surface area (Å²) in [6.07, 6.45) is 0.609. The number of rotatable bonds is 3. The van der Waals surface area contributed by atoms with E-state index < -0.39 is 45.2 Å². The fourth-order valence-corrected chi connectivity index (χ4v) is 4.47. The molecule has 1 aromatic carbocycles. The summed E-state index contributed by atoms with van der Waals surface area (Å²) in [4.78, 5) is 0. The minimum Gasteiger partial charge on any atom is -0.456 e. The summed E-state index contributed by atoms with van der Waals surface area (Å²) in [6.45, 7) is 3.76. The minimum absolute atomic E-state index is 0.115. The molecule has 7 nitrogen and oxygen atoms in total. The normalized spacial score (nSPS) is 36.3. The first-order valence-electron chi connectivity index (χ1n) is 9.82. The van der Waals surface area contributed by atoms with Crippen LogP contribution in [-0.4, -0.2) is 43.9 Å². The molecular weight excluding hydrogens is 441 g/mol. The van der Waals surface area contributed by atoms with Crippen LogP contribution in [0.3, 0.4) is 0 Å². The predicted molar refractivity (Wildman–Crippen MR) is 101 cm³/mol. The molecule has 2 fully saturated rings. The molecule has 0 amide bonds. The zero-order chi connectivity index (χ0) is 22.5. The maximum absolute atomic E-state index is 12.7. The highest BCUT2D eigenvalue weighted by Gasteiger charge is 2.55. The van der Waals surface area contributed by atoms with Gasteiger partial charge < -0.3 is 23.1 Å². The summed E-state index contributed by atoms with van der Waals surface area (Å²) in [5, 5.41) is 0. The fourth-order valence-electron chi connectivity index (χ4n) is 4.06. The van der Waals surface area contributed by atoms with Gasteiger partial charge in [-0.05, 0) is 26.7 Å². The van der Waals surface area contributed by atoms with Crippen LogP contribution in [0, 0.1) is 0 Å². The first-order valence-corrected chi connectivity index (χ1v) is 11.2. The second-order valence-corrected chi connectivity index (χ2v) is 9.83. The fraction of sp³-hybridized carbons (Fsp3) is 0.600. The van der Waals surface area contributed by atoms with E-state index in [4.69, 9.17) is 18.9 Å². The van der Waals surface area contributed by atoms with Crippen molar-refractivity contribution in [2.45, 2.75) is 68.3 Å². The predicted octanol–water partition coefficient (Wildman–Crippen LogP) is 3.92. The van der Waals surface area contributed by atoms with Gasteiger partial charge in [-0.3, -0.25) is 0 Å². The van der Waals surface area contributed by atoms with Gasteiger partial charge in [0.1, 0.15) is 17.3 Å². The number of halogens is 3. The average molecular weight is 464 g/mol. The first kappa shape index (κ1) is 22.4. The van der Waals surface area contributed by atoms with Crippen LogP contribution in [0.15, 0.2) is 42.4 Å². The Hall–Kier alpha value is -1.82. The SMILES string of the molecule is C[C@@]12CC[C@@H]3O[C@H](c4ccccc4)OC[C@@]3(C)O[C@H]1CC=C(OS(=O)(=O)C(F)(F)F)O2. The highest BCUT2D eigenvalue weighted by atomic mass is 32.2. The number of benzene rings is 1. The van der Waals surface area contributed by atoms with Gasteiger partial charge in [0.2, 0.25) is 0 Å². The van der Waals surface area contributed by atoms with Gasteiger partial charge in [-0.15, -0.1) is 0 Å². The molecule has 2 saturated heterocycles. The summed E-state index contributed by atoms with van der Waals surface area (Å²) < 4.78 is 88.8. The van der Waals surface area contributed by atoms with Crippen molar-refractivity contribution in [1.82, 2.24) is 0 Å². The Morgan fingerprint density at radius 3 is 2.48 bits per heavy atom. The maximum Gasteiger partial charge on any atom is 0.534 e. The van der Waals surface area contributed by atoms with Crippen LogP contribution < -0.4 is 0 Å². The molecule has 0 saturated carbocycles. The number of ether oxygens (including phenoxy) is 4. The molecule has 0 aromatic heterocycles. The summed E-state index contributed by atoms with van der Waals surface area (Å²) in [5.74, 6) is -0.700. The molecule has 0 aliphatic carbocycles. The molecule has 11 heteroatoms. The van der Waals surface area contributed by atoms with Crippen molar-refractivity contribution >= 4 is 10.1 Å². The average Bonchev–Trinajstić information content (AvgIpc) is 2.80. The van der Waals surface area contributed by atoms with Gasteiger partial charge in [-0.1, -0.05) is 30.3 Å². The monoisotopic (exact) mass is 464 g/mol. The molecule has 0 unspecified atom stereocenters. The van der Waals surface area contributed by atoms with Gasteiger partial charge >= 0.3 is 15.6 Å². The first-order chi connectivity index (χ1) is 14.4. The van der Waals surface area contributed by atoms with Gasteiger partial charge in [0.15, 0.2) is 6.29 Å². The Morgan fingerprint density at radius 1 is 1.10 bits per heavy atom. The van der Waals surface area contributed by atoms with Crippen LogP contribution in [0.2, 0.25) is 0 Å². The molecular formula is C20H23F3O7S.